The zero-order chi connectivity index (χ0) is 18.5. The van der Waals surface area contributed by atoms with E-state index in [0.717, 1.165) is 13.0 Å². The van der Waals surface area contributed by atoms with Crippen molar-refractivity contribution in [3.05, 3.63) is 0 Å². The highest BCUT2D eigenvalue weighted by Gasteiger charge is 2.43. The average molecular weight is 341 g/mol. The van der Waals surface area contributed by atoms with E-state index in [-0.39, 0.29) is 23.3 Å². The van der Waals surface area contributed by atoms with E-state index < -0.39 is 5.54 Å². The Hall–Kier alpha value is -0.940. The summed E-state index contributed by atoms with van der Waals surface area (Å²) in [6.45, 7) is 16.0. The maximum absolute atomic E-state index is 12.2. The molecule has 0 radical (unpaired) electrons. The van der Waals surface area contributed by atoms with Gasteiger partial charge in [0.25, 0.3) is 0 Å². The largest absolute Gasteiger partial charge is 0.381 e. The van der Waals surface area contributed by atoms with Crippen molar-refractivity contribution in [2.45, 2.75) is 78.9 Å². The molecule has 1 aliphatic heterocycles. The number of hydrogen-bond acceptors (Lipinski definition) is 4. The molecule has 0 N–H and O–H groups in total. The number of amides is 2. The first-order valence-electron chi connectivity index (χ1n) is 9.05. The Morgan fingerprint density at radius 1 is 1.12 bits per heavy atom. The number of ether oxygens (including phenoxy) is 2. The Bertz CT molecular complexity index is 443. The van der Waals surface area contributed by atoms with Gasteiger partial charge in [-0.1, -0.05) is 20.8 Å². The summed E-state index contributed by atoms with van der Waals surface area (Å²) in [4.78, 5) is 25.7. The minimum absolute atomic E-state index is 0.0636. The summed E-state index contributed by atoms with van der Waals surface area (Å²) in [5, 5.41) is 0. The Morgan fingerprint density at radius 2 is 1.75 bits per heavy atom. The van der Waals surface area contributed by atoms with Gasteiger partial charge in [-0.25, -0.2) is 0 Å². The number of imide groups is 1. The molecule has 0 aliphatic carbocycles. The number of rotatable bonds is 10. The van der Waals surface area contributed by atoms with Crippen LogP contribution in [0.5, 0.6) is 0 Å². The first-order chi connectivity index (χ1) is 11.0. The van der Waals surface area contributed by atoms with Gasteiger partial charge in [-0.15, -0.1) is 0 Å². The van der Waals surface area contributed by atoms with E-state index in [9.17, 15) is 9.59 Å². The molecule has 1 saturated heterocycles. The van der Waals surface area contributed by atoms with Crippen LogP contribution >= 0.6 is 0 Å². The minimum Gasteiger partial charge on any atom is -0.381 e. The SMILES string of the molecule is CC(C)COCCC(C)(C)OCCC(C)(C)N1C(=O)CC(C)C1=O. The fraction of sp³-hybridized carbons (Fsp3) is 0.895. The van der Waals surface area contributed by atoms with Crippen molar-refractivity contribution in [1.29, 1.82) is 0 Å². The van der Waals surface area contributed by atoms with Crippen molar-refractivity contribution in [3.8, 4) is 0 Å². The fourth-order valence-electron chi connectivity index (χ4n) is 2.82. The van der Waals surface area contributed by atoms with Gasteiger partial charge in [0, 0.05) is 37.7 Å². The molecule has 0 aromatic rings. The van der Waals surface area contributed by atoms with E-state index in [1.54, 1.807) is 0 Å². The second-order valence-electron chi connectivity index (χ2n) is 8.56. The first kappa shape index (κ1) is 21.1. The predicted octanol–water partition coefficient (Wildman–Crippen LogP) is 3.41. The smallest absolute Gasteiger partial charge is 0.233 e. The molecular formula is C19H35NO4. The zero-order valence-electron chi connectivity index (χ0n) is 16.5. The molecule has 0 bridgehead atoms. The van der Waals surface area contributed by atoms with Crippen LogP contribution in [0.2, 0.25) is 0 Å². The maximum Gasteiger partial charge on any atom is 0.233 e. The van der Waals surface area contributed by atoms with Crippen molar-refractivity contribution in [1.82, 2.24) is 4.90 Å². The molecule has 2 amide bonds. The molecule has 1 heterocycles. The van der Waals surface area contributed by atoms with Crippen LogP contribution in [0.1, 0.15) is 67.7 Å². The summed E-state index contributed by atoms with van der Waals surface area (Å²) in [7, 11) is 0. The number of likely N-dealkylation sites (tertiary alicyclic amines) is 1. The Kier molecular flexibility index (Phi) is 7.42. The molecule has 24 heavy (non-hydrogen) atoms. The van der Waals surface area contributed by atoms with Crippen LogP contribution in [0.3, 0.4) is 0 Å². The molecule has 1 fully saturated rings. The molecule has 140 valence electrons. The number of hydrogen-bond donors (Lipinski definition) is 0. The van der Waals surface area contributed by atoms with Crippen LogP contribution in [-0.2, 0) is 19.1 Å². The molecule has 0 spiro atoms. The third kappa shape index (κ3) is 6.17. The van der Waals surface area contributed by atoms with Crippen LogP contribution in [0.4, 0.5) is 0 Å². The first-order valence-corrected chi connectivity index (χ1v) is 9.05. The highest BCUT2D eigenvalue weighted by atomic mass is 16.5. The van der Waals surface area contributed by atoms with Crippen molar-refractivity contribution < 1.29 is 19.1 Å². The fourth-order valence-corrected chi connectivity index (χ4v) is 2.82. The van der Waals surface area contributed by atoms with E-state index >= 15 is 0 Å². The summed E-state index contributed by atoms with van der Waals surface area (Å²) in [6, 6.07) is 0. The molecule has 0 aromatic heterocycles. The highest BCUT2D eigenvalue weighted by Crippen LogP contribution is 2.30. The molecule has 0 aromatic carbocycles. The zero-order valence-corrected chi connectivity index (χ0v) is 16.5. The van der Waals surface area contributed by atoms with Crippen LogP contribution < -0.4 is 0 Å². The van der Waals surface area contributed by atoms with Crippen molar-refractivity contribution in [2.24, 2.45) is 11.8 Å². The number of carbonyl (C=O) groups is 2. The maximum atomic E-state index is 12.2. The second-order valence-corrected chi connectivity index (χ2v) is 8.56. The summed E-state index contributed by atoms with van der Waals surface area (Å²) in [6.07, 6.45) is 1.77. The van der Waals surface area contributed by atoms with Gasteiger partial charge in [0.1, 0.15) is 0 Å². The monoisotopic (exact) mass is 341 g/mol. The average Bonchev–Trinajstić information content (AvgIpc) is 2.68. The van der Waals surface area contributed by atoms with Crippen LogP contribution in [0, 0.1) is 11.8 Å². The quantitative estimate of drug-likeness (QED) is 0.451. The normalized spacial score (nSPS) is 19.7. The van der Waals surface area contributed by atoms with Gasteiger partial charge in [-0.05, 0) is 46.5 Å². The van der Waals surface area contributed by atoms with E-state index in [1.165, 1.54) is 4.90 Å². The summed E-state index contributed by atoms with van der Waals surface area (Å²) < 4.78 is 11.6. The third-order valence-electron chi connectivity index (χ3n) is 4.48. The van der Waals surface area contributed by atoms with E-state index in [2.05, 4.69) is 13.8 Å². The molecule has 1 rings (SSSR count). The van der Waals surface area contributed by atoms with E-state index in [1.807, 2.05) is 34.6 Å². The van der Waals surface area contributed by atoms with Crippen molar-refractivity contribution in [2.75, 3.05) is 19.8 Å². The lowest BCUT2D eigenvalue weighted by Gasteiger charge is -2.35. The summed E-state index contributed by atoms with van der Waals surface area (Å²) in [5.74, 6) is 0.199. The third-order valence-corrected chi connectivity index (χ3v) is 4.48. The van der Waals surface area contributed by atoms with Crippen molar-refractivity contribution >= 4 is 11.8 Å². The second kappa shape index (κ2) is 8.43. The van der Waals surface area contributed by atoms with Gasteiger partial charge in [0.15, 0.2) is 0 Å². The molecule has 1 atom stereocenters. The van der Waals surface area contributed by atoms with Gasteiger partial charge in [0.05, 0.1) is 5.60 Å². The van der Waals surface area contributed by atoms with Crippen LogP contribution in [-0.4, -0.2) is 47.7 Å². The lowest BCUT2D eigenvalue weighted by Crippen LogP contribution is -2.48. The van der Waals surface area contributed by atoms with Crippen LogP contribution in [0.15, 0.2) is 0 Å². The van der Waals surface area contributed by atoms with Gasteiger partial charge < -0.3 is 9.47 Å². The van der Waals surface area contributed by atoms with Gasteiger partial charge in [-0.2, -0.15) is 0 Å². The summed E-state index contributed by atoms with van der Waals surface area (Å²) in [5.41, 5.74) is -0.789. The molecule has 1 unspecified atom stereocenters. The van der Waals surface area contributed by atoms with Crippen LogP contribution in [0.25, 0.3) is 0 Å². The van der Waals surface area contributed by atoms with E-state index in [0.29, 0.717) is 32.0 Å². The standard InChI is InChI=1S/C19H35NO4/c1-14(2)13-23-10-9-19(6,7)24-11-8-18(4,5)20-16(21)12-15(3)17(20)22/h14-15H,8-13H2,1-7H3. The molecular weight excluding hydrogens is 306 g/mol. The molecule has 1 aliphatic rings. The van der Waals surface area contributed by atoms with Gasteiger partial charge in [0.2, 0.25) is 11.8 Å². The van der Waals surface area contributed by atoms with E-state index in [4.69, 9.17) is 9.47 Å². The Labute approximate surface area is 147 Å². The highest BCUT2D eigenvalue weighted by molar-refractivity contribution is 6.04. The number of nitrogens with zero attached hydrogens (tertiary/aromatic N) is 1. The molecule has 0 saturated carbocycles. The lowest BCUT2D eigenvalue weighted by atomic mass is 9.98. The Morgan fingerprint density at radius 3 is 2.25 bits per heavy atom. The van der Waals surface area contributed by atoms with Crippen molar-refractivity contribution in [3.63, 3.8) is 0 Å². The predicted molar refractivity (Wildman–Crippen MR) is 94.6 cm³/mol. The Balaban J connectivity index is 2.41. The lowest BCUT2D eigenvalue weighted by molar-refractivity contribution is -0.146. The summed E-state index contributed by atoms with van der Waals surface area (Å²) >= 11 is 0. The molecule has 5 nitrogen and oxygen atoms in total. The number of carbonyl (C=O) groups excluding carboxylic acids is 2. The van der Waals surface area contributed by atoms with Gasteiger partial charge >= 0.3 is 0 Å². The minimum atomic E-state index is -0.511. The molecule has 5 heteroatoms. The topological polar surface area (TPSA) is 55.8 Å². The van der Waals surface area contributed by atoms with Gasteiger partial charge in [-0.3, -0.25) is 14.5 Å².